The maximum absolute atomic E-state index is 11.9. The molecule has 1 aliphatic carbocycles. The SMILES string of the molecule is Cn1ncc(N)c1C1CCC(NC(=O)OC(C)(C)C)CC(O)C1. The van der Waals surface area contributed by atoms with E-state index in [0.717, 1.165) is 18.5 Å². The zero-order chi connectivity index (χ0) is 17.2. The molecular weight excluding hydrogens is 296 g/mol. The van der Waals surface area contributed by atoms with Crippen LogP contribution in [0.5, 0.6) is 0 Å². The molecule has 0 aromatic carbocycles. The van der Waals surface area contributed by atoms with Gasteiger partial charge in [0.05, 0.1) is 23.7 Å². The standard InChI is InChI=1S/C16H28N4O3/c1-16(2,3)23-15(22)19-11-6-5-10(7-12(21)8-11)14-13(17)9-18-20(14)4/h9-12,21H,5-8,17H2,1-4H3,(H,19,22). The number of ether oxygens (including phenoxy) is 1. The number of carbonyl (C=O) groups is 1. The van der Waals surface area contributed by atoms with Gasteiger partial charge in [0.2, 0.25) is 0 Å². The monoisotopic (exact) mass is 324 g/mol. The summed E-state index contributed by atoms with van der Waals surface area (Å²) in [5, 5.41) is 17.3. The number of rotatable bonds is 2. The fraction of sp³-hybridized carbons (Fsp3) is 0.750. The van der Waals surface area contributed by atoms with Crippen LogP contribution in [0.15, 0.2) is 6.20 Å². The van der Waals surface area contributed by atoms with Gasteiger partial charge in [-0.2, -0.15) is 5.10 Å². The van der Waals surface area contributed by atoms with Crippen molar-refractivity contribution in [3.8, 4) is 0 Å². The molecule has 2 rings (SSSR count). The van der Waals surface area contributed by atoms with E-state index in [-0.39, 0.29) is 12.0 Å². The predicted molar refractivity (Wildman–Crippen MR) is 88.0 cm³/mol. The minimum absolute atomic E-state index is 0.0979. The maximum atomic E-state index is 11.9. The number of amides is 1. The molecule has 23 heavy (non-hydrogen) atoms. The molecule has 0 saturated heterocycles. The normalized spacial score (nSPS) is 25.7. The summed E-state index contributed by atoms with van der Waals surface area (Å²) in [7, 11) is 1.86. The van der Waals surface area contributed by atoms with Crippen molar-refractivity contribution in [2.24, 2.45) is 7.05 Å². The summed E-state index contributed by atoms with van der Waals surface area (Å²) >= 11 is 0. The van der Waals surface area contributed by atoms with Crippen molar-refractivity contribution in [3.05, 3.63) is 11.9 Å². The third-order valence-corrected chi connectivity index (χ3v) is 4.10. The van der Waals surface area contributed by atoms with Crippen LogP contribution in [0.2, 0.25) is 0 Å². The highest BCUT2D eigenvalue weighted by Crippen LogP contribution is 2.34. The van der Waals surface area contributed by atoms with Gasteiger partial charge in [0.25, 0.3) is 0 Å². The van der Waals surface area contributed by atoms with E-state index in [4.69, 9.17) is 10.5 Å². The second-order valence-corrected chi connectivity index (χ2v) is 7.35. The number of hydrogen-bond acceptors (Lipinski definition) is 5. The zero-order valence-electron chi connectivity index (χ0n) is 14.4. The van der Waals surface area contributed by atoms with Crippen LogP contribution in [0.4, 0.5) is 10.5 Å². The third-order valence-electron chi connectivity index (χ3n) is 4.10. The molecule has 7 heteroatoms. The van der Waals surface area contributed by atoms with E-state index in [9.17, 15) is 9.90 Å². The van der Waals surface area contributed by atoms with Crippen LogP contribution in [0.25, 0.3) is 0 Å². The Bertz CT molecular complexity index is 531. The Morgan fingerprint density at radius 3 is 2.70 bits per heavy atom. The second-order valence-electron chi connectivity index (χ2n) is 7.35. The molecule has 0 aliphatic heterocycles. The van der Waals surface area contributed by atoms with Crippen LogP contribution in [0, 0.1) is 0 Å². The highest BCUT2D eigenvalue weighted by Gasteiger charge is 2.30. The molecule has 1 aromatic rings. The molecule has 130 valence electrons. The van der Waals surface area contributed by atoms with E-state index in [2.05, 4.69) is 10.4 Å². The van der Waals surface area contributed by atoms with Crippen LogP contribution >= 0.6 is 0 Å². The van der Waals surface area contributed by atoms with Gasteiger partial charge in [0, 0.05) is 19.0 Å². The van der Waals surface area contributed by atoms with Crippen molar-refractivity contribution >= 4 is 11.8 Å². The Kier molecular flexibility index (Phi) is 5.19. The summed E-state index contributed by atoms with van der Waals surface area (Å²) in [4.78, 5) is 11.9. The number of alkyl carbamates (subject to hydrolysis) is 1. The van der Waals surface area contributed by atoms with E-state index in [1.165, 1.54) is 0 Å². The number of nitrogens with two attached hydrogens (primary N) is 1. The number of carbonyl (C=O) groups excluding carboxylic acids is 1. The zero-order valence-corrected chi connectivity index (χ0v) is 14.4. The fourth-order valence-corrected chi connectivity index (χ4v) is 3.21. The molecule has 0 spiro atoms. The number of aliphatic hydroxyl groups excluding tert-OH is 1. The van der Waals surface area contributed by atoms with Crippen molar-refractivity contribution in [2.75, 3.05) is 5.73 Å². The number of aromatic nitrogens is 2. The number of aryl methyl sites for hydroxylation is 1. The van der Waals surface area contributed by atoms with Gasteiger partial charge in [-0.3, -0.25) is 4.68 Å². The first-order chi connectivity index (χ1) is 10.7. The molecule has 1 amide bonds. The van der Waals surface area contributed by atoms with E-state index in [0.29, 0.717) is 18.5 Å². The summed E-state index contributed by atoms with van der Waals surface area (Å²) in [6.45, 7) is 5.49. The average Bonchev–Trinajstić information content (AvgIpc) is 2.61. The molecule has 1 aromatic heterocycles. The van der Waals surface area contributed by atoms with Crippen LogP contribution < -0.4 is 11.1 Å². The first-order valence-corrected chi connectivity index (χ1v) is 8.10. The summed E-state index contributed by atoms with van der Waals surface area (Å²) in [6.07, 6.45) is 3.46. The van der Waals surface area contributed by atoms with Crippen LogP contribution in [0.1, 0.15) is 58.1 Å². The molecule has 4 N–H and O–H groups in total. The molecule has 1 fully saturated rings. The third kappa shape index (κ3) is 4.86. The quantitative estimate of drug-likeness (QED) is 0.721. The van der Waals surface area contributed by atoms with E-state index in [1.807, 2.05) is 27.8 Å². The number of nitrogen functional groups attached to an aromatic ring is 1. The highest BCUT2D eigenvalue weighted by molar-refractivity contribution is 5.68. The van der Waals surface area contributed by atoms with Gasteiger partial charge in [0.15, 0.2) is 0 Å². The molecule has 3 unspecified atom stereocenters. The summed E-state index contributed by atoms with van der Waals surface area (Å²) in [5.74, 6) is 0.142. The lowest BCUT2D eigenvalue weighted by molar-refractivity contribution is 0.0485. The fourth-order valence-electron chi connectivity index (χ4n) is 3.21. The van der Waals surface area contributed by atoms with Gasteiger partial charge in [-0.25, -0.2) is 4.79 Å². The lowest BCUT2D eigenvalue weighted by atomic mass is 9.94. The first kappa shape index (κ1) is 17.6. The minimum Gasteiger partial charge on any atom is -0.444 e. The molecule has 1 heterocycles. The van der Waals surface area contributed by atoms with E-state index >= 15 is 0 Å². The van der Waals surface area contributed by atoms with Crippen LogP contribution in [-0.2, 0) is 11.8 Å². The highest BCUT2D eigenvalue weighted by atomic mass is 16.6. The van der Waals surface area contributed by atoms with Crippen LogP contribution in [0.3, 0.4) is 0 Å². The van der Waals surface area contributed by atoms with Gasteiger partial charge < -0.3 is 20.9 Å². The molecule has 3 atom stereocenters. The number of anilines is 1. The molecule has 0 radical (unpaired) electrons. The minimum atomic E-state index is -0.529. The Balaban J connectivity index is 2.00. The smallest absolute Gasteiger partial charge is 0.407 e. The van der Waals surface area contributed by atoms with Crippen molar-refractivity contribution in [2.45, 2.75) is 70.1 Å². The summed E-state index contributed by atoms with van der Waals surface area (Å²) in [5.41, 5.74) is 7.09. The van der Waals surface area contributed by atoms with Gasteiger partial charge in [-0.1, -0.05) is 0 Å². The van der Waals surface area contributed by atoms with Crippen molar-refractivity contribution in [3.63, 3.8) is 0 Å². The average molecular weight is 324 g/mol. The lowest BCUT2D eigenvalue weighted by Gasteiger charge is -2.23. The molecule has 1 saturated carbocycles. The molecule has 7 nitrogen and oxygen atoms in total. The predicted octanol–water partition coefficient (Wildman–Crippen LogP) is 1.91. The molecular formula is C16H28N4O3. The Morgan fingerprint density at radius 2 is 2.13 bits per heavy atom. The Labute approximate surface area is 137 Å². The number of hydrogen-bond donors (Lipinski definition) is 3. The van der Waals surface area contributed by atoms with Crippen molar-refractivity contribution in [1.82, 2.24) is 15.1 Å². The Morgan fingerprint density at radius 1 is 1.43 bits per heavy atom. The number of aliphatic hydroxyl groups is 1. The lowest BCUT2D eigenvalue weighted by Crippen LogP contribution is -2.40. The van der Waals surface area contributed by atoms with E-state index in [1.54, 1.807) is 10.9 Å². The van der Waals surface area contributed by atoms with Gasteiger partial charge in [-0.15, -0.1) is 0 Å². The second kappa shape index (κ2) is 6.78. The Hall–Kier alpha value is -1.76. The summed E-state index contributed by atoms with van der Waals surface area (Å²) < 4.78 is 7.06. The summed E-state index contributed by atoms with van der Waals surface area (Å²) in [6, 6.07) is -0.0979. The first-order valence-electron chi connectivity index (χ1n) is 8.10. The van der Waals surface area contributed by atoms with E-state index < -0.39 is 17.8 Å². The van der Waals surface area contributed by atoms with Gasteiger partial charge >= 0.3 is 6.09 Å². The van der Waals surface area contributed by atoms with Crippen LogP contribution in [-0.4, -0.2) is 38.7 Å². The maximum Gasteiger partial charge on any atom is 0.407 e. The number of nitrogens with zero attached hydrogens (tertiary/aromatic N) is 2. The van der Waals surface area contributed by atoms with Crippen molar-refractivity contribution < 1.29 is 14.6 Å². The topological polar surface area (TPSA) is 102 Å². The number of nitrogens with one attached hydrogen (secondary N) is 1. The molecule has 1 aliphatic rings. The van der Waals surface area contributed by atoms with Gasteiger partial charge in [0.1, 0.15) is 5.60 Å². The largest absolute Gasteiger partial charge is 0.444 e. The molecule has 0 bridgehead atoms. The van der Waals surface area contributed by atoms with Gasteiger partial charge in [-0.05, 0) is 46.5 Å². The van der Waals surface area contributed by atoms with Crippen molar-refractivity contribution in [1.29, 1.82) is 0 Å².